The van der Waals surface area contributed by atoms with Crippen molar-refractivity contribution in [3.63, 3.8) is 0 Å². The van der Waals surface area contributed by atoms with Gasteiger partial charge in [-0.15, -0.1) is 0 Å². The summed E-state index contributed by atoms with van der Waals surface area (Å²) in [4.78, 5) is 7.56. The van der Waals surface area contributed by atoms with Gasteiger partial charge in [-0.25, -0.2) is 4.98 Å². The average Bonchev–Trinajstić information content (AvgIpc) is 2.91. The Balaban J connectivity index is 2.21. The van der Waals surface area contributed by atoms with Gasteiger partial charge in [-0.3, -0.25) is 0 Å². The number of H-pyrrole nitrogens is 1. The molecule has 0 atom stereocenters. The summed E-state index contributed by atoms with van der Waals surface area (Å²) in [6, 6.07) is 7.07. The maximum atomic E-state index is 10.2. The highest BCUT2D eigenvalue weighted by molar-refractivity contribution is 9.11. The topological polar surface area (TPSA) is 78.4 Å². The van der Waals surface area contributed by atoms with E-state index in [1.165, 1.54) is 0 Å². The Labute approximate surface area is 136 Å². The number of ether oxygens (including phenoxy) is 1. The smallest absolute Gasteiger partial charge is 0.147 e. The molecular formula is C14H10Br2N2O3. The minimum atomic E-state index is -0.0817. The number of fused-ring (bicyclic) bond motifs is 1. The van der Waals surface area contributed by atoms with Gasteiger partial charge in [0.15, 0.2) is 0 Å². The van der Waals surface area contributed by atoms with Crippen LogP contribution in [0.2, 0.25) is 0 Å². The number of aromatic nitrogens is 2. The number of hydrogen-bond donors (Lipinski definition) is 3. The summed E-state index contributed by atoms with van der Waals surface area (Å²) in [5.41, 5.74) is 2.02. The highest BCUT2D eigenvalue weighted by Crippen LogP contribution is 2.44. The van der Waals surface area contributed by atoms with Crippen LogP contribution in [0.3, 0.4) is 0 Å². The number of rotatable bonds is 2. The number of nitrogens with one attached hydrogen (secondary N) is 1. The fraction of sp³-hybridized carbons (Fsp3) is 0.0714. The van der Waals surface area contributed by atoms with Gasteiger partial charge in [0.05, 0.1) is 28.2 Å². The molecule has 0 unspecified atom stereocenters. The van der Waals surface area contributed by atoms with Crippen molar-refractivity contribution in [2.45, 2.75) is 0 Å². The normalized spacial score (nSPS) is 11.0. The molecule has 0 saturated carbocycles. The first-order valence-electron chi connectivity index (χ1n) is 5.95. The minimum absolute atomic E-state index is 0.0611. The van der Waals surface area contributed by atoms with E-state index in [1.54, 1.807) is 13.2 Å². The minimum Gasteiger partial charge on any atom is -0.506 e. The first kappa shape index (κ1) is 14.2. The molecule has 21 heavy (non-hydrogen) atoms. The van der Waals surface area contributed by atoms with Gasteiger partial charge in [-0.05, 0) is 50.1 Å². The summed E-state index contributed by atoms with van der Waals surface area (Å²) in [6.07, 6.45) is 0. The molecular weight excluding hydrogens is 404 g/mol. The Morgan fingerprint density at radius 2 is 1.90 bits per heavy atom. The Morgan fingerprint density at radius 1 is 1.14 bits per heavy atom. The quantitative estimate of drug-likeness (QED) is 0.589. The van der Waals surface area contributed by atoms with E-state index in [0.717, 1.165) is 16.8 Å². The first-order valence-corrected chi connectivity index (χ1v) is 7.54. The zero-order valence-corrected chi connectivity index (χ0v) is 14.0. The molecule has 108 valence electrons. The van der Waals surface area contributed by atoms with Crippen molar-refractivity contribution < 1.29 is 14.9 Å². The van der Waals surface area contributed by atoms with Crippen LogP contribution in [0.25, 0.3) is 22.4 Å². The van der Waals surface area contributed by atoms with Gasteiger partial charge in [-0.1, -0.05) is 0 Å². The van der Waals surface area contributed by atoms with Crippen molar-refractivity contribution in [3.8, 4) is 28.6 Å². The number of benzene rings is 2. The third kappa shape index (κ3) is 2.36. The van der Waals surface area contributed by atoms with Gasteiger partial charge in [0.2, 0.25) is 0 Å². The number of hydrogen-bond acceptors (Lipinski definition) is 4. The van der Waals surface area contributed by atoms with Crippen molar-refractivity contribution in [2.75, 3.05) is 7.11 Å². The number of aromatic amines is 1. The Hall–Kier alpha value is -1.73. The summed E-state index contributed by atoms with van der Waals surface area (Å²) < 4.78 is 5.84. The summed E-state index contributed by atoms with van der Waals surface area (Å²) in [7, 11) is 1.60. The molecule has 7 heteroatoms. The second-order valence-electron chi connectivity index (χ2n) is 4.39. The van der Waals surface area contributed by atoms with Crippen molar-refractivity contribution in [2.24, 2.45) is 0 Å². The third-order valence-electron chi connectivity index (χ3n) is 3.11. The number of imidazole rings is 1. The van der Waals surface area contributed by atoms with E-state index in [1.807, 2.05) is 18.2 Å². The molecule has 0 aliphatic carbocycles. The van der Waals surface area contributed by atoms with Crippen molar-refractivity contribution in [3.05, 3.63) is 33.2 Å². The number of methoxy groups -OCH3 is 1. The molecule has 3 aromatic rings. The van der Waals surface area contributed by atoms with E-state index in [9.17, 15) is 10.2 Å². The number of phenols is 2. The summed E-state index contributed by atoms with van der Waals surface area (Å²) in [6.45, 7) is 0. The van der Waals surface area contributed by atoms with Gasteiger partial charge in [0, 0.05) is 6.07 Å². The van der Waals surface area contributed by atoms with Crippen LogP contribution >= 0.6 is 31.9 Å². The lowest BCUT2D eigenvalue weighted by Crippen LogP contribution is -1.85. The SMILES string of the molecule is COc1ccc2nc(-c3cc(Br)c(O)c(Br)c3O)[nH]c2c1. The fourth-order valence-corrected chi connectivity index (χ4v) is 3.14. The average molecular weight is 414 g/mol. The second-order valence-corrected chi connectivity index (χ2v) is 6.03. The van der Waals surface area contributed by atoms with Gasteiger partial charge in [0.1, 0.15) is 27.5 Å². The van der Waals surface area contributed by atoms with Crippen molar-refractivity contribution in [1.82, 2.24) is 9.97 Å². The van der Waals surface area contributed by atoms with E-state index < -0.39 is 0 Å². The van der Waals surface area contributed by atoms with Crippen molar-refractivity contribution in [1.29, 1.82) is 0 Å². The molecule has 2 aromatic carbocycles. The summed E-state index contributed by atoms with van der Waals surface area (Å²) >= 11 is 6.40. The lowest BCUT2D eigenvalue weighted by atomic mass is 10.2. The highest BCUT2D eigenvalue weighted by atomic mass is 79.9. The molecule has 0 radical (unpaired) electrons. The van der Waals surface area contributed by atoms with E-state index in [-0.39, 0.29) is 16.0 Å². The lowest BCUT2D eigenvalue weighted by Gasteiger charge is -2.07. The molecule has 1 aromatic heterocycles. The predicted octanol–water partition coefficient (Wildman–Crippen LogP) is 4.17. The van der Waals surface area contributed by atoms with Crippen molar-refractivity contribution >= 4 is 42.9 Å². The monoisotopic (exact) mass is 412 g/mol. The van der Waals surface area contributed by atoms with E-state index in [4.69, 9.17) is 4.74 Å². The largest absolute Gasteiger partial charge is 0.506 e. The molecule has 0 aliphatic heterocycles. The van der Waals surface area contributed by atoms with Gasteiger partial charge in [0.25, 0.3) is 0 Å². The number of nitrogens with zero attached hydrogens (tertiary/aromatic N) is 1. The number of aromatic hydroxyl groups is 2. The Morgan fingerprint density at radius 3 is 2.62 bits per heavy atom. The maximum absolute atomic E-state index is 10.2. The third-order valence-corrected chi connectivity index (χ3v) is 4.47. The molecule has 0 bridgehead atoms. The van der Waals surface area contributed by atoms with Crippen LogP contribution in [0.5, 0.6) is 17.2 Å². The maximum Gasteiger partial charge on any atom is 0.147 e. The van der Waals surface area contributed by atoms with Crippen LogP contribution < -0.4 is 4.74 Å². The highest BCUT2D eigenvalue weighted by Gasteiger charge is 2.17. The molecule has 0 saturated heterocycles. The van der Waals surface area contributed by atoms with Crippen LogP contribution in [0.1, 0.15) is 0 Å². The molecule has 1 heterocycles. The second kappa shape index (κ2) is 5.23. The zero-order chi connectivity index (χ0) is 15.1. The molecule has 3 N–H and O–H groups in total. The van der Waals surface area contributed by atoms with Crippen LogP contribution in [0.15, 0.2) is 33.2 Å². The number of halogens is 2. The van der Waals surface area contributed by atoms with E-state index in [2.05, 4.69) is 41.8 Å². The predicted molar refractivity (Wildman–Crippen MR) is 86.8 cm³/mol. The first-order chi connectivity index (χ1) is 10.0. The molecule has 3 rings (SSSR count). The summed E-state index contributed by atoms with van der Waals surface area (Å²) in [5, 5.41) is 19.9. The van der Waals surface area contributed by atoms with Gasteiger partial charge < -0.3 is 19.9 Å². The fourth-order valence-electron chi connectivity index (χ4n) is 2.02. The van der Waals surface area contributed by atoms with Crippen LogP contribution in [-0.4, -0.2) is 27.3 Å². The molecule has 0 aliphatic rings. The lowest BCUT2D eigenvalue weighted by molar-refractivity contribution is 0.415. The van der Waals surface area contributed by atoms with Crippen LogP contribution in [0, 0.1) is 0 Å². The van der Waals surface area contributed by atoms with Crippen LogP contribution in [0.4, 0.5) is 0 Å². The van der Waals surface area contributed by atoms with Crippen LogP contribution in [-0.2, 0) is 0 Å². The number of phenolic OH excluding ortho intramolecular Hbond substituents is 2. The molecule has 0 spiro atoms. The molecule has 0 amide bonds. The van der Waals surface area contributed by atoms with E-state index >= 15 is 0 Å². The summed E-state index contributed by atoms with van der Waals surface area (Å²) in [5.74, 6) is 1.07. The molecule has 0 fully saturated rings. The Bertz CT molecular complexity index is 846. The van der Waals surface area contributed by atoms with E-state index in [0.29, 0.717) is 15.9 Å². The standard InChI is InChI=1S/C14H10Br2N2O3/c1-21-6-2-3-9-10(4-6)18-14(17-9)7-5-8(15)13(20)11(16)12(7)19/h2-5,19-20H,1H3,(H,17,18). The molecule has 5 nitrogen and oxygen atoms in total. The zero-order valence-electron chi connectivity index (χ0n) is 10.8. The Kier molecular flexibility index (Phi) is 3.54. The van der Waals surface area contributed by atoms with Gasteiger partial charge in [-0.2, -0.15) is 0 Å². The van der Waals surface area contributed by atoms with Gasteiger partial charge >= 0.3 is 0 Å².